The van der Waals surface area contributed by atoms with Gasteiger partial charge in [0.15, 0.2) is 0 Å². The minimum absolute atomic E-state index is 0.0671. The van der Waals surface area contributed by atoms with Gasteiger partial charge in [-0.25, -0.2) is 0 Å². The number of benzene rings is 1. The average Bonchev–Trinajstić information content (AvgIpc) is 2.11. The molecule has 0 aromatic heterocycles. The van der Waals surface area contributed by atoms with Crippen molar-refractivity contribution in [3.05, 3.63) is 23.3 Å². The van der Waals surface area contributed by atoms with Crippen molar-refractivity contribution in [1.29, 1.82) is 0 Å². The molecule has 5 heteroatoms. The van der Waals surface area contributed by atoms with E-state index in [-0.39, 0.29) is 16.7 Å². The molecule has 1 aromatic carbocycles. The van der Waals surface area contributed by atoms with E-state index in [9.17, 15) is 13.2 Å². The van der Waals surface area contributed by atoms with Crippen LogP contribution in [0.2, 0.25) is 0 Å². The monoisotopic (exact) mass is 235 g/mol. The van der Waals surface area contributed by atoms with Crippen LogP contribution in [-0.4, -0.2) is 12.6 Å². The number of anilines is 1. The Kier molecular flexibility index (Phi) is 3.54. The summed E-state index contributed by atoms with van der Waals surface area (Å²) in [6, 6.07) is 3.16. The molecular formula is C10H12F3NS. The van der Waals surface area contributed by atoms with E-state index in [0.717, 1.165) is 11.3 Å². The lowest BCUT2D eigenvalue weighted by Gasteiger charge is -2.13. The summed E-state index contributed by atoms with van der Waals surface area (Å²) in [5.41, 5.74) is -1.84. The smallest absolute Gasteiger partial charge is 0.388 e. The summed E-state index contributed by atoms with van der Waals surface area (Å²) in [4.78, 5) is 0.263. The van der Waals surface area contributed by atoms with Gasteiger partial charge in [-0.3, -0.25) is 0 Å². The molecule has 0 spiro atoms. The molecule has 0 atom stereocenters. The number of hydrogen-bond acceptors (Lipinski definition) is 2. The zero-order valence-electron chi connectivity index (χ0n) is 8.70. The number of rotatable bonds is 2. The van der Waals surface area contributed by atoms with Crippen LogP contribution in [0.1, 0.15) is 11.1 Å². The van der Waals surface area contributed by atoms with Crippen molar-refractivity contribution in [2.45, 2.75) is 24.3 Å². The van der Waals surface area contributed by atoms with Gasteiger partial charge in [-0.15, -0.1) is 0 Å². The Bertz CT molecular complexity index is 360. The van der Waals surface area contributed by atoms with Crippen LogP contribution in [0, 0.1) is 13.8 Å². The molecule has 0 radical (unpaired) electrons. The Morgan fingerprint density at radius 3 is 2.20 bits per heavy atom. The first-order valence-electron chi connectivity index (χ1n) is 4.39. The first-order valence-corrected chi connectivity index (χ1v) is 5.20. The van der Waals surface area contributed by atoms with Gasteiger partial charge in [-0.2, -0.15) is 13.2 Å². The molecule has 0 heterocycles. The van der Waals surface area contributed by atoms with Gasteiger partial charge in [0.25, 0.3) is 0 Å². The lowest BCUT2D eigenvalue weighted by molar-refractivity contribution is -0.0328. The predicted octanol–water partition coefficient (Wildman–Crippen LogP) is 3.96. The average molecular weight is 235 g/mol. The highest BCUT2D eigenvalue weighted by atomic mass is 32.2. The molecule has 0 aliphatic rings. The van der Waals surface area contributed by atoms with Crippen LogP contribution in [-0.2, 0) is 0 Å². The largest absolute Gasteiger partial charge is 0.446 e. The Morgan fingerprint density at radius 2 is 1.73 bits per heavy atom. The highest BCUT2D eigenvalue weighted by Crippen LogP contribution is 2.40. The van der Waals surface area contributed by atoms with Gasteiger partial charge in [0.2, 0.25) is 0 Å². The lowest BCUT2D eigenvalue weighted by Crippen LogP contribution is -2.02. The molecule has 1 aromatic rings. The van der Waals surface area contributed by atoms with Crippen LogP contribution in [0.4, 0.5) is 18.9 Å². The molecule has 0 unspecified atom stereocenters. The van der Waals surface area contributed by atoms with Crippen LogP contribution in [0.3, 0.4) is 0 Å². The summed E-state index contributed by atoms with van der Waals surface area (Å²) in [7, 11) is 1.75. The van der Waals surface area contributed by atoms with E-state index in [1.54, 1.807) is 20.0 Å². The van der Waals surface area contributed by atoms with Crippen molar-refractivity contribution in [3.63, 3.8) is 0 Å². The lowest BCUT2D eigenvalue weighted by atomic mass is 10.1. The molecule has 1 nitrogen and oxygen atoms in total. The van der Waals surface area contributed by atoms with Crippen molar-refractivity contribution < 1.29 is 13.2 Å². The maximum Gasteiger partial charge on any atom is 0.446 e. The molecule has 0 saturated carbocycles. The van der Waals surface area contributed by atoms with Gasteiger partial charge < -0.3 is 5.32 Å². The second-order valence-electron chi connectivity index (χ2n) is 3.16. The van der Waals surface area contributed by atoms with Crippen molar-refractivity contribution in [2.75, 3.05) is 12.4 Å². The fraction of sp³-hybridized carbons (Fsp3) is 0.400. The highest BCUT2D eigenvalue weighted by molar-refractivity contribution is 8.00. The van der Waals surface area contributed by atoms with Gasteiger partial charge in [0, 0.05) is 17.6 Å². The third kappa shape index (κ3) is 3.06. The molecule has 0 aliphatic heterocycles. The van der Waals surface area contributed by atoms with Crippen molar-refractivity contribution in [2.24, 2.45) is 0 Å². The first kappa shape index (κ1) is 12.2. The Balaban J connectivity index is 3.07. The van der Waals surface area contributed by atoms with E-state index < -0.39 is 5.51 Å². The molecule has 84 valence electrons. The van der Waals surface area contributed by atoms with Crippen molar-refractivity contribution in [3.8, 4) is 0 Å². The number of hydrogen-bond donors (Lipinski definition) is 1. The maximum atomic E-state index is 12.2. The van der Waals surface area contributed by atoms with E-state index in [4.69, 9.17) is 0 Å². The molecule has 0 saturated heterocycles. The van der Waals surface area contributed by atoms with Crippen molar-refractivity contribution in [1.82, 2.24) is 0 Å². The molecule has 15 heavy (non-hydrogen) atoms. The molecule has 1 N–H and O–H groups in total. The molecule has 0 fully saturated rings. The summed E-state index contributed by atoms with van der Waals surface area (Å²) in [5.74, 6) is 0. The number of thioether (sulfide) groups is 1. The van der Waals surface area contributed by atoms with Gasteiger partial charge in [0.1, 0.15) is 0 Å². The summed E-state index contributed by atoms with van der Waals surface area (Å²) in [6.07, 6.45) is 0. The second-order valence-corrected chi connectivity index (χ2v) is 4.27. The Labute approximate surface area is 91.1 Å². The second kappa shape index (κ2) is 4.35. The predicted molar refractivity (Wildman–Crippen MR) is 57.4 cm³/mol. The van der Waals surface area contributed by atoms with Crippen LogP contribution >= 0.6 is 11.8 Å². The number of nitrogens with one attached hydrogen (secondary N) is 1. The van der Waals surface area contributed by atoms with Crippen LogP contribution in [0.25, 0.3) is 0 Å². The summed E-state index contributed by atoms with van der Waals surface area (Å²) in [5, 5.41) is 2.94. The van der Waals surface area contributed by atoms with Crippen LogP contribution in [0.15, 0.2) is 17.0 Å². The van der Waals surface area contributed by atoms with Crippen LogP contribution < -0.4 is 5.32 Å². The fourth-order valence-corrected chi connectivity index (χ4v) is 1.99. The van der Waals surface area contributed by atoms with Crippen molar-refractivity contribution >= 4 is 17.4 Å². The van der Waals surface area contributed by atoms with E-state index in [1.807, 2.05) is 6.92 Å². The third-order valence-corrected chi connectivity index (χ3v) is 3.13. The topological polar surface area (TPSA) is 12.0 Å². The Hall–Kier alpha value is -0.840. The minimum Gasteiger partial charge on any atom is -0.388 e. The Morgan fingerprint density at radius 1 is 1.13 bits per heavy atom. The number of alkyl halides is 3. The number of halogens is 3. The summed E-state index contributed by atoms with van der Waals surface area (Å²) in [6.45, 7) is 3.51. The molecular weight excluding hydrogens is 223 g/mol. The normalized spacial score (nSPS) is 11.6. The van der Waals surface area contributed by atoms with Gasteiger partial charge in [-0.05, 0) is 48.9 Å². The standard InChI is InChI=1S/C10H12F3NS/c1-6-7(2)9(15-10(11,12)13)5-4-8(6)14-3/h4-5,14H,1-3H3. The van der Waals surface area contributed by atoms with Crippen LogP contribution in [0.5, 0.6) is 0 Å². The van der Waals surface area contributed by atoms with E-state index >= 15 is 0 Å². The van der Waals surface area contributed by atoms with E-state index in [2.05, 4.69) is 5.32 Å². The SMILES string of the molecule is CNc1ccc(SC(F)(F)F)c(C)c1C. The van der Waals surface area contributed by atoms with E-state index in [0.29, 0.717) is 5.56 Å². The highest BCUT2D eigenvalue weighted by Gasteiger charge is 2.30. The summed E-state index contributed by atoms with van der Waals surface area (Å²) >= 11 is -0.0671. The zero-order valence-corrected chi connectivity index (χ0v) is 9.51. The quantitative estimate of drug-likeness (QED) is 0.779. The minimum atomic E-state index is -4.22. The van der Waals surface area contributed by atoms with E-state index in [1.165, 1.54) is 6.07 Å². The molecule has 0 bridgehead atoms. The molecule has 1 rings (SSSR count). The van der Waals surface area contributed by atoms with Gasteiger partial charge in [-0.1, -0.05) is 0 Å². The maximum absolute atomic E-state index is 12.2. The molecule has 0 aliphatic carbocycles. The summed E-state index contributed by atoms with van der Waals surface area (Å²) < 4.78 is 36.5. The first-order chi connectivity index (χ1) is 6.85. The van der Waals surface area contributed by atoms with Gasteiger partial charge in [0.05, 0.1) is 0 Å². The third-order valence-electron chi connectivity index (χ3n) is 2.23. The molecule has 0 amide bonds. The zero-order chi connectivity index (χ0) is 11.6. The fourth-order valence-electron chi connectivity index (χ4n) is 1.30. The van der Waals surface area contributed by atoms with Gasteiger partial charge >= 0.3 is 5.51 Å².